The molecule has 1 rings (SSSR count). The number of hydrogen-bond acceptors (Lipinski definition) is 4. The van der Waals surface area contributed by atoms with Crippen LogP contribution in [0.1, 0.15) is 13.8 Å². The molecule has 0 aliphatic heterocycles. The normalized spacial score (nSPS) is 12.0. The molecule has 0 saturated carbocycles. The minimum Gasteiger partial charge on any atom is -0.494 e. The summed E-state index contributed by atoms with van der Waals surface area (Å²) >= 11 is 0. The SMILES string of the molecule is CCOc1ccc(NC(=O)CN(C)CC(C)C(=O)O)cc1. The van der Waals surface area contributed by atoms with Gasteiger partial charge < -0.3 is 15.2 Å². The minimum atomic E-state index is -0.867. The van der Waals surface area contributed by atoms with E-state index in [1.807, 2.05) is 6.92 Å². The Bertz CT molecular complexity index is 473. The number of carboxylic acid groups (broad SMARTS) is 1. The van der Waals surface area contributed by atoms with Crippen molar-refractivity contribution in [3.05, 3.63) is 24.3 Å². The molecule has 0 saturated heterocycles. The number of benzene rings is 1. The van der Waals surface area contributed by atoms with E-state index in [4.69, 9.17) is 9.84 Å². The maximum Gasteiger partial charge on any atom is 0.307 e. The number of anilines is 1. The van der Waals surface area contributed by atoms with E-state index in [1.54, 1.807) is 43.1 Å². The lowest BCUT2D eigenvalue weighted by molar-refractivity contribution is -0.141. The number of carboxylic acids is 1. The minimum absolute atomic E-state index is 0.144. The second-order valence-corrected chi connectivity index (χ2v) is 4.94. The van der Waals surface area contributed by atoms with Crippen LogP contribution in [-0.2, 0) is 9.59 Å². The van der Waals surface area contributed by atoms with Gasteiger partial charge in [-0.3, -0.25) is 14.5 Å². The van der Waals surface area contributed by atoms with Crippen LogP contribution < -0.4 is 10.1 Å². The Morgan fingerprint density at radius 1 is 1.33 bits per heavy atom. The predicted molar refractivity (Wildman–Crippen MR) is 80.5 cm³/mol. The van der Waals surface area contributed by atoms with Crippen molar-refractivity contribution in [3.8, 4) is 5.75 Å². The highest BCUT2D eigenvalue weighted by molar-refractivity contribution is 5.92. The van der Waals surface area contributed by atoms with Gasteiger partial charge in [-0.1, -0.05) is 6.92 Å². The summed E-state index contributed by atoms with van der Waals surface area (Å²) in [4.78, 5) is 24.3. The summed E-state index contributed by atoms with van der Waals surface area (Å²) in [5, 5.41) is 11.6. The smallest absolute Gasteiger partial charge is 0.307 e. The molecular formula is C15H22N2O4. The molecule has 0 radical (unpaired) electrons. The molecule has 1 atom stereocenters. The lowest BCUT2D eigenvalue weighted by Crippen LogP contribution is -2.35. The Morgan fingerprint density at radius 3 is 2.48 bits per heavy atom. The molecule has 1 aromatic rings. The Hall–Kier alpha value is -2.08. The standard InChI is InChI=1S/C15H22N2O4/c1-4-21-13-7-5-12(6-8-13)16-14(18)10-17(3)9-11(2)15(19)20/h5-8,11H,4,9-10H2,1-3H3,(H,16,18)(H,19,20). The number of aliphatic carboxylic acids is 1. The molecule has 1 amide bonds. The zero-order chi connectivity index (χ0) is 15.8. The number of carbonyl (C=O) groups excluding carboxylic acids is 1. The molecule has 0 aromatic heterocycles. The monoisotopic (exact) mass is 294 g/mol. The number of carbonyl (C=O) groups is 2. The number of likely N-dealkylation sites (N-methyl/N-ethyl adjacent to an activating group) is 1. The molecule has 0 spiro atoms. The lowest BCUT2D eigenvalue weighted by atomic mass is 10.2. The van der Waals surface area contributed by atoms with Crippen LogP contribution in [-0.4, -0.2) is 48.6 Å². The van der Waals surface area contributed by atoms with Crippen molar-refractivity contribution in [1.82, 2.24) is 4.90 Å². The average Bonchev–Trinajstić information content (AvgIpc) is 2.40. The molecule has 0 bridgehead atoms. The first-order chi connectivity index (χ1) is 9.92. The average molecular weight is 294 g/mol. The molecule has 6 heteroatoms. The maximum atomic E-state index is 11.9. The van der Waals surface area contributed by atoms with Gasteiger partial charge in [0.25, 0.3) is 0 Å². The van der Waals surface area contributed by atoms with Crippen LogP contribution in [0.3, 0.4) is 0 Å². The van der Waals surface area contributed by atoms with E-state index >= 15 is 0 Å². The highest BCUT2D eigenvalue weighted by Gasteiger charge is 2.15. The zero-order valence-electron chi connectivity index (χ0n) is 12.6. The van der Waals surface area contributed by atoms with Crippen LogP contribution in [0.4, 0.5) is 5.69 Å². The van der Waals surface area contributed by atoms with Gasteiger partial charge in [-0.25, -0.2) is 0 Å². The van der Waals surface area contributed by atoms with Gasteiger partial charge in [0.1, 0.15) is 5.75 Å². The van der Waals surface area contributed by atoms with Crippen molar-refractivity contribution in [3.63, 3.8) is 0 Å². The van der Waals surface area contributed by atoms with Gasteiger partial charge in [0.2, 0.25) is 5.91 Å². The van der Waals surface area contributed by atoms with E-state index in [0.717, 1.165) is 5.75 Å². The number of nitrogens with one attached hydrogen (secondary N) is 1. The van der Waals surface area contributed by atoms with E-state index in [-0.39, 0.29) is 12.5 Å². The highest BCUT2D eigenvalue weighted by atomic mass is 16.5. The fraction of sp³-hybridized carbons (Fsp3) is 0.467. The Balaban J connectivity index is 2.44. The lowest BCUT2D eigenvalue weighted by Gasteiger charge is -2.18. The largest absolute Gasteiger partial charge is 0.494 e. The molecule has 1 aromatic carbocycles. The second-order valence-electron chi connectivity index (χ2n) is 4.94. The molecule has 1 unspecified atom stereocenters. The van der Waals surface area contributed by atoms with Gasteiger partial charge in [0, 0.05) is 12.2 Å². The third kappa shape index (κ3) is 6.27. The second kappa shape index (κ2) is 8.26. The summed E-state index contributed by atoms with van der Waals surface area (Å²) in [6.45, 7) is 4.59. The van der Waals surface area contributed by atoms with Gasteiger partial charge in [0.05, 0.1) is 19.1 Å². The molecule has 0 aliphatic carbocycles. The molecule has 6 nitrogen and oxygen atoms in total. The highest BCUT2D eigenvalue weighted by Crippen LogP contribution is 2.15. The van der Waals surface area contributed by atoms with E-state index in [2.05, 4.69) is 5.32 Å². The fourth-order valence-corrected chi connectivity index (χ4v) is 1.86. The molecule has 21 heavy (non-hydrogen) atoms. The third-order valence-corrected chi connectivity index (χ3v) is 2.87. The van der Waals surface area contributed by atoms with E-state index in [9.17, 15) is 9.59 Å². The summed E-state index contributed by atoms with van der Waals surface area (Å²) in [5.74, 6) is -0.802. The fourth-order valence-electron chi connectivity index (χ4n) is 1.86. The summed E-state index contributed by atoms with van der Waals surface area (Å²) < 4.78 is 5.32. The van der Waals surface area contributed by atoms with Crippen LogP contribution >= 0.6 is 0 Å². The molecule has 0 fully saturated rings. The van der Waals surface area contributed by atoms with Crippen molar-refractivity contribution in [2.24, 2.45) is 5.92 Å². The number of nitrogens with zero attached hydrogens (tertiary/aromatic N) is 1. The molecule has 0 aliphatic rings. The summed E-state index contributed by atoms with van der Waals surface area (Å²) in [6, 6.07) is 7.11. The molecule has 116 valence electrons. The zero-order valence-corrected chi connectivity index (χ0v) is 12.6. The van der Waals surface area contributed by atoms with E-state index in [0.29, 0.717) is 18.8 Å². The van der Waals surface area contributed by atoms with Gasteiger partial charge in [-0.05, 0) is 38.2 Å². The summed E-state index contributed by atoms with van der Waals surface area (Å²) in [5.41, 5.74) is 0.683. The quantitative estimate of drug-likeness (QED) is 0.762. The first-order valence-corrected chi connectivity index (χ1v) is 6.86. The van der Waals surface area contributed by atoms with Crippen LogP contribution in [0, 0.1) is 5.92 Å². The van der Waals surface area contributed by atoms with Crippen molar-refractivity contribution in [2.45, 2.75) is 13.8 Å². The van der Waals surface area contributed by atoms with E-state index < -0.39 is 11.9 Å². The number of rotatable bonds is 8. The van der Waals surface area contributed by atoms with E-state index in [1.165, 1.54) is 0 Å². The maximum absolute atomic E-state index is 11.9. The Morgan fingerprint density at radius 2 is 1.95 bits per heavy atom. The number of amides is 1. The topological polar surface area (TPSA) is 78.9 Å². The molecule has 0 heterocycles. The Kier molecular flexibility index (Phi) is 6.68. The molecular weight excluding hydrogens is 272 g/mol. The first-order valence-electron chi connectivity index (χ1n) is 6.86. The third-order valence-electron chi connectivity index (χ3n) is 2.87. The van der Waals surface area contributed by atoms with Crippen LogP contribution in [0.2, 0.25) is 0 Å². The van der Waals surface area contributed by atoms with Crippen LogP contribution in [0.5, 0.6) is 5.75 Å². The summed E-state index contributed by atoms with van der Waals surface area (Å²) in [7, 11) is 1.72. The number of hydrogen-bond donors (Lipinski definition) is 2. The molecule has 2 N–H and O–H groups in total. The van der Waals surface area contributed by atoms with Crippen molar-refractivity contribution < 1.29 is 19.4 Å². The van der Waals surface area contributed by atoms with Gasteiger partial charge in [-0.15, -0.1) is 0 Å². The predicted octanol–water partition coefficient (Wildman–Crippen LogP) is 1.68. The van der Waals surface area contributed by atoms with Crippen molar-refractivity contribution in [1.29, 1.82) is 0 Å². The number of ether oxygens (including phenoxy) is 1. The first kappa shape index (κ1) is 17.0. The van der Waals surface area contributed by atoms with Crippen LogP contribution in [0.25, 0.3) is 0 Å². The van der Waals surface area contributed by atoms with Gasteiger partial charge in [0.15, 0.2) is 0 Å². The Labute approximate surface area is 124 Å². The van der Waals surface area contributed by atoms with Crippen molar-refractivity contribution >= 4 is 17.6 Å². The van der Waals surface area contributed by atoms with Gasteiger partial charge >= 0.3 is 5.97 Å². The van der Waals surface area contributed by atoms with Crippen LogP contribution in [0.15, 0.2) is 24.3 Å². The van der Waals surface area contributed by atoms with Gasteiger partial charge in [-0.2, -0.15) is 0 Å². The van der Waals surface area contributed by atoms with Crippen molar-refractivity contribution in [2.75, 3.05) is 32.1 Å². The summed E-state index contributed by atoms with van der Waals surface area (Å²) in [6.07, 6.45) is 0.